The van der Waals surface area contributed by atoms with Crippen LogP contribution >= 0.6 is 0 Å². The third-order valence-electron chi connectivity index (χ3n) is 7.26. The Morgan fingerprint density at radius 2 is 0.472 bits per heavy atom. The van der Waals surface area contributed by atoms with Gasteiger partial charge in [-0.2, -0.15) is 11.6 Å². The normalized spacial score (nSPS) is 9.51. The van der Waals surface area contributed by atoms with Gasteiger partial charge in [-0.05, 0) is 24.3 Å². The summed E-state index contributed by atoms with van der Waals surface area (Å²) in [6.07, 6.45) is 12.8. The molecule has 53 heavy (non-hydrogen) atoms. The maximum atomic E-state index is 12.1. The molecule has 10 nitrogen and oxygen atoms in total. The van der Waals surface area contributed by atoms with E-state index in [4.69, 9.17) is 37.9 Å². The SMILES string of the molecule is COc1cc([CH-][CH-]C(=O)[CH-][CH-]c2cc(OC)cc(OC)c2)cc(OC)c1.COc1cc([CH-][CH-]C(=O)[CH-][CH-]c2cc(OC)cc(OC)c2)cc(OC)c1.[Pd]. The molecule has 0 saturated carbocycles. The van der Waals surface area contributed by atoms with Crippen LogP contribution in [-0.2, 0) is 30.0 Å². The number of ether oxygens (including phenoxy) is 8. The number of hydrogen-bond donors (Lipinski definition) is 0. The van der Waals surface area contributed by atoms with E-state index < -0.39 is 0 Å². The predicted molar refractivity (Wildman–Crippen MR) is 199 cm³/mol. The van der Waals surface area contributed by atoms with Crippen LogP contribution in [0.1, 0.15) is 22.3 Å². The molecule has 0 spiro atoms. The van der Waals surface area contributed by atoms with Gasteiger partial charge in [0, 0.05) is 20.4 Å². The second kappa shape index (κ2) is 22.9. The van der Waals surface area contributed by atoms with Gasteiger partial charge in [-0.25, -0.2) is 22.3 Å². The van der Waals surface area contributed by atoms with Crippen LogP contribution in [0.15, 0.2) is 72.8 Å². The Kier molecular flexibility index (Phi) is 18.8. The Morgan fingerprint density at radius 3 is 0.604 bits per heavy atom. The molecule has 290 valence electrons. The molecule has 0 aliphatic heterocycles. The van der Waals surface area contributed by atoms with Crippen LogP contribution in [0.4, 0.5) is 0 Å². The summed E-state index contributed by atoms with van der Waals surface area (Å²) >= 11 is 0. The number of rotatable bonds is 20. The monoisotopic (exact) mass is 814 g/mol. The van der Waals surface area contributed by atoms with Crippen LogP contribution < -0.4 is 37.9 Å². The molecule has 0 fully saturated rings. The standard InChI is InChI=1S/2C21H22O5.Pd/c2*1-23-18-9-15(10-19(13-18)24-2)5-7-17(22)8-6-16-11-20(25-3)14-21(12-16)26-4;/h2*5-14H,1-4H3;/q2*-4;. The zero-order valence-corrected chi connectivity index (χ0v) is 32.5. The van der Waals surface area contributed by atoms with Gasteiger partial charge in [0.2, 0.25) is 0 Å². The van der Waals surface area contributed by atoms with E-state index in [1.807, 2.05) is 48.5 Å². The maximum absolute atomic E-state index is 12.1. The Morgan fingerprint density at radius 1 is 0.321 bits per heavy atom. The van der Waals surface area contributed by atoms with Crippen molar-refractivity contribution in [2.24, 2.45) is 0 Å². The molecule has 0 heterocycles. The van der Waals surface area contributed by atoms with Gasteiger partial charge < -0.3 is 98.9 Å². The summed E-state index contributed by atoms with van der Waals surface area (Å²) in [6.45, 7) is 0. The van der Waals surface area contributed by atoms with Crippen molar-refractivity contribution in [1.29, 1.82) is 0 Å². The summed E-state index contributed by atoms with van der Waals surface area (Å²) in [5.74, 6) is 5.01. The molecule has 0 aliphatic carbocycles. The molecule has 0 radical (unpaired) electrons. The van der Waals surface area contributed by atoms with Crippen molar-refractivity contribution >= 4 is 11.6 Å². The third kappa shape index (κ3) is 14.8. The summed E-state index contributed by atoms with van der Waals surface area (Å²) in [7, 11) is 12.7. The molecule has 0 N–H and O–H groups in total. The summed E-state index contributed by atoms with van der Waals surface area (Å²) < 4.78 is 41.7. The summed E-state index contributed by atoms with van der Waals surface area (Å²) in [6, 6.07) is 21.7. The molecule has 0 atom stereocenters. The van der Waals surface area contributed by atoms with E-state index in [2.05, 4.69) is 0 Å². The van der Waals surface area contributed by atoms with Crippen LogP contribution in [0.2, 0.25) is 0 Å². The van der Waals surface area contributed by atoms with Crippen molar-refractivity contribution in [2.75, 3.05) is 56.9 Å². The zero-order valence-electron chi connectivity index (χ0n) is 30.9. The number of carbonyl (C=O) groups excluding carboxylic acids is 2. The van der Waals surface area contributed by atoms with Gasteiger partial charge in [-0.15, -0.1) is 48.5 Å². The van der Waals surface area contributed by atoms with Crippen LogP contribution in [-0.4, -0.2) is 68.4 Å². The molecule has 0 aliphatic rings. The molecule has 4 aromatic carbocycles. The summed E-state index contributed by atoms with van der Waals surface area (Å²) in [5, 5.41) is 0. The first-order chi connectivity index (χ1) is 25.1. The Hall–Kier alpha value is -5.76. The van der Waals surface area contributed by atoms with Crippen LogP contribution in [0.5, 0.6) is 46.0 Å². The van der Waals surface area contributed by atoms with E-state index >= 15 is 0 Å². The molecule has 0 unspecified atom stereocenters. The Bertz CT molecular complexity index is 1400. The second-order valence-corrected chi connectivity index (χ2v) is 10.7. The van der Waals surface area contributed by atoms with Crippen LogP contribution in [0.25, 0.3) is 0 Å². The smallest absolute Gasteiger partial charge is 0.0759 e. The van der Waals surface area contributed by atoms with E-state index in [0.717, 1.165) is 22.3 Å². The molecule has 4 aromatic rings. The first-order valence-corrected chi connectivity index (χ1v) is 15.9. The number of benzene rings is 4. The minimum atomic E-state index is -0.145. The molecule has 0 saturated heterocycles. The summed E-state index contributed by atoms with van der Waals surface area (Å²) in [5.41, 5.74) is 3.24. The second-order valence-electron chi connectivity index (χ2n) is 10.7. The van der Waals surface area contributed by atoms with Gasteiger partial charge in [0.15, 0.2) is 0 Å². The van der Waals surface area contributed by atoms with Gasteiger partial charge in [0.1, 0.15) is 0 Å². The molecule has 4 rings (SSSR count). The average Bonchev–Trinajstić information content (AvgIpc) is 3.19. The number of ketones is 2. The molecule has 0 bridgehead atoms. The fourth-order valence-electron chi connectivity index (χ4n) is 4.53. The predicted octanol–water partition coefficient (Wildman–Crippen LogP) is 7.00. The fraction of sp³-hybridized carbons (Fsp3) is 0.190. The minimum Gasteiger partial charge on any atom is -0.509 e. The fourth-order valence-corrected chi connectivity index (χ4v) is 4.53. The van der Waals surface area contributed by atoms with Crippen molar-refractivity contribution in [3.05, 3.63) is 146 Å². The first kappa shape index (κ1) is 43.4. The minimum absolute atomic E-state index is 0. The van der Waals surface area contributed by atoms with Crippen molar-refractivity contribution in [3.63, 3.8) is 0 Å². The number of Topliss-reactive ketones (excluding diaryl/α,β-unsaturated/α-hetero) is 2. The largest absolute Gasteiger partial charge is 0.509 e. The van der Waals surface area contributed by atoms with E-state index in [9.17, 15) is 9.59 Å². The van der Waals surface area contributed by atoms with E-state index in [1.54, 1.807) is 107 Å². The van der Waals surface area contributed by atoms with Gasteiger partial charge in [-0.3, -0.25) is 0 Å². The molecule has 0 amide bonds. The van der Waals surface area contributed by atoms with Crippen molar-refractivity contribution in [3.8, 4) is 46.0 Å². The number of carbonyl (C=O) groups is 2. The average molecular weight is 815 g/mol. The quantitative estimate of drug-likeness (QED) is 0.0684. The zero-order chi connectivity index (χ0) is 37.9. The van der Waals surface area contributed by atoms with Gasteiger partial charge in [0.25, 0.3) is 0 Å². The van der Waals surface area contributed by atoms with E-state index in [0.29, 0.717) is 46.0 Å². The third-order valence-corrected chi connectivity index (χ3v) is 7.26. The van der Waals surface area contributed by atoms with Crippen LogP contribution in [0.3, 0.4) is 0 Å². The topological polar surface area (TPSA) is 108 Å². The van der Waals surface area contributed by atoms with Gasteiger partial charge in [0.05, 0.1) is 103 Å². The molecular weight excluding hydrogens is 771 g/mol. The van der Waals surface area contributed by atoms with Gasteiger partial charge >= 0.3 is 0 Å². The Balaban J connectivity index is 0.000000360. The maximum Gasteiger partial charge on any atom is 0.0759 e. The summed E-state index contributed by atoms with van der Waals surface area (Å²) in [4.78, 5) is 24.2. The van der Waals surface area contributed by atoms with Gasteiger partial charge in [-0.1, -0.05) is 0 Å². The Labute approximate surface area is 327 Å². The van der Waals surface area contributed by atoms with Crippen molar-refractivity contribution in [2.45, 2.75) is 0 Å². The van der Waals surface area contributed by atoms with E-state index in [-0.39, 0.29) is 32.0 Å². The van der Waals surface area contributed by atoms with Crippen molar-refractivity contribution < 1.29 is 67.9 Å². The van der Waals surface area contributed by atoms with Crippen LogP contribution in [0, 0.1) is 51.4 Å². The number of methoxy groups -OCH3 is 8. The number of hydrogen-bond acceptors (Lipinski definition) is 10. The molecule has 0 aromatic heterocycles. The molecule has 11 heteroatoms. The van der Waals surface area contributed by atoms with Crippen molar-refractivity contribution in [1.82, 2.24) is 0 Å². The first-order valence-electron chi connectivity index (χ1n) is 15.9. The molecular formula is C42H44O10Pd-8. The van der Waals surface area contributed by atoms with E-state index in [1.165, 1.54) is 25.7 Å².